The minimum absolute atomic E-state index is 0.331. The second-order valence-corrected chi connectivity index (χ2v) is 8.92. The van der Waals surface area contributed by atoms with Crippen molar-refractivity contribution in [3.8, 4) is 0 Å². The zero-order valence-electron chi connectivity index (χ0n) is 17.4. The number of fused-ring (bicyclic) bond motifs is 1. The topological polar surface area (TPSA) is 146 Å². The number of ether oxygens (including phenoxy) is 3. The summed E-state index contributed by atoms with van der Waals surface area (Å²) in [6, 6.07) is 0. The lowest BCUT2D eigenvalue weighted by Crippen LogP contribution is -2.58. The Balaban J connectivity index is 1.84. The SMILES string of the molecule is C=C[C@]1(C)C[C@H](O)[C@@H]2[C@@H](OC(=O)[C@H]2C)[C@H]1/C(C)=C/O[C@@H]1O[C@H](CO)[C@@H](O)[C@H](O)[C@H]1O. The zero-order chi connectivity index (χ0) is 22.4. The molecule has 0 radical (unpaired) electrons. The van der Waals surface area contributed by atoms with Gasteiger partial charge in [0.25, 0.3) is 0 Å². The van der Waals surface area contributed by atoms with Crippen LogP contribution in [0.3, 0.4) is 0 Å². The van der Waals surface area contributed by atoms with Crippen molar-refractivity contribution in [3.05, 3.63) is 24.5 Å². The normalized spacial score (nSPS) is 49.3. The standard InChI is InChI=1S/C21H32O9/c1-5-21(4)6-11(23)13-10(3)19(27)30-18(13)14(21)9(2)8-28-20-17(26)16(25)15(24)12(7-22)29-20/h5,8,10-18,20,22-26H,1,6-7H2,2-4H3/b9-8+/t10-,11-,12+,13+,14+,15+,16-,17+,18+,20+,21+/m0/s1. The number of aliphatic hydroxyl groups excluding tert-OH is 5. The van der Waals surface area contributed by atoms with E-state index in [0.717, 1.165) is 0 Å². The van der Waals surface area contributed by atoms with E-state index in [4.69, 9.17) is 14.2 Å². The number of esters is 1. The molecule has 0 aromatic heterocycles. The Morgan fingerprint density at radius 2 is 1.93 bits per heavy atom. The van der Waals surface area contributed by atoms with Crippen molar-refractivity contribution >= 4 is 5.97 Å². The molecule has 3 rings (SSSR count). The van der Waals surface area contributed by atoms with Gasteiger partial charge in [-0.25, -0.2) is 0 Å². The molecule has 1 saturated carbocycles. The average Bonchev–Trinajstić information content (AvgIpc) is 3.00. The van der Waals surface area contributed by atoms with Gasteiger partial charge in [-0.15, -0.1) is 6.58 Å². The first kappa shape index (κ1) is 23.2. The Bertz CT molecular complexity index is 692. The predicted molar refractivity (Wildman–Crippen MR) is 104 cm³/mol. The fourth-order valence-electron chi connectivity index (χ4n) is 5.11. The molecule has 11 atom stereocenters. The molecule has 2 saturated heterocycles. The fraction of sp³-hybridized carbons (Fsp3) is 0.762. The molecule has 0 aromatic carbocycles. The molecule has 0 amide bonds. The van der Waals surface area contributed by atoms with E-state index in [0.29, 0.717) is 12.0 Å². The maximum atomic E-state index is 12.2. The van der Waals surface area contributed by atoms with Crippen LogP contribution < -0.4 is 0 Å². The number of allylic oxidation sites excluding steroid dienone is 1. The van der Waals surface area contributed by atoms with Gasteiger partial charge in [0.05, 0.1) is 24.9 Å². The van der Waals surface area contributed by atoms with Crippen LogP contribution in [0, 0.1) is 23.2 Å². The molecule has 3 fully saturated rings. The minimum Gasteiger partial charge on any atom is -0.470 e. The van der Waals surface area contributed by atoms with Crippen LogP contribution in [0.25, 0.3) is 0 Å². The first-order valence-corrected chi connectivity index (χ1v) is 10.2. The van der Waals surface area contributed by atoms with Gasteiger partial charge in [0.2, 0.25) is 6.29 Å². The molecule has 0 unspecified atom stereocenters. The van der Waals surface area contributed by atoms with Crippen LogP contribution in [-0.4, -0.2) is 81.0 Å². The summed E-state index contributed by atoms with van der Waals surface area (Å²) in [7, 11) is 0. The van der Waals surface area contributed by atoms with Crippen LogP contribution in [0.1, 0.15) is 27.2 Å². The van der Waals surface area contributed by atoms with E-state index in [9.17, 15) is 30.3 Å². The van der Waals surface area contributed by atoms with E-state index in [1.54, 1.807) is 19.9 Å². The molecular formula is C21H32O9. The summed E-state index contributed by atoms with van der Waals surface area (Å²) in [6.07, 6.45) is -4.70. The summed E-state index contributed by atoms with van der Waals surface area (Å²) in [4.78, 5) is 12.2. The van der Waals surface area contributed by atoms with Gasteiger partial charge in [0, 0.05) is 11.8 Å². The Labute approximate surface area is 175 Å². The van der Waals surface area contributed by atoms with E-state index in [1.807, 2.05) is 6.92 Å². The monoisotopic (exact) mass is 428 g/mol. The van der Waals surface area contributed by atoms with Crippen LogP contribution in [0.4, 0.5) is 0 Å². The molecule has 170 valence electrons. The first-order chi connectivity index (χ1) is 14.1. The molecule has 0 spiro atoms. The minimum atomic E-state index is -1.54. The van der Waals surface area contributed by atoms with Crippen LogP contribution >= 0.6 is 0 Å². The van der Waals surface area contributed by atoms with Crippen LogP contribution in [0.15, 0.2) is 24.5 Å². The van der Waals surface area contributed by atoms with Crippen LogP contribution in [0.2, 0.25) is 0 Å². The van der Waals surface area contributed by atoms with E-state index in [1.165, 1.54) is 6.26 Å². The van der Waals surface area contributed by atoms with Gasteiger partial charge in [-0.05, 0) is 24.3 Å². The number of carbonyl (C=O) groups is 1. The lowest BCUT2D eigenvalue weighted by molar-refractivity contribution is -0.288. The van der Waals surface area contributed by atoms with E-state index in [-0.39, 0.29) is 17.8 Å². The van der Waals surface area contributed by atoms with E-state index < -0.39 is 60.9 Å². The van der Waals surface area contributed by atoms with Crippen molar-refractivity contribution in [1.82, 2.24) is 0 Å². The zero-order valence-corrected chi connectivity index (χ0v) is 17.4. The number of rotatable bonds is 5. The molecular weight excluding hydrogens is 396 g/mol. The van der Waals surface area contributed by atoms with Crippen molar-refractivity contribution in [3.63, 3.8) is 0 Å². The van der Waals surface area contributed by atoms with Crippen molar-refractivity contribution in [2.75, 3.05) is 6.61 Å². The molecule has 9 nitrogen and oxygen atoms in total. The summed E-state index contributed by atoms with van der Waals surface area (Å²) in [5, 5.41) is 49.9. The Hall–Kier alpha value is -1.49. The largest absolute Gasteiger partial charge is 0.470 e. The maximum Gasteiger partial charge on any atom is 0.309 e. The highest BCUT2D eigenvalue weighted by molar-refractivity contribution is 5.75. The summed E-state index contributed by atoms with van der Waals surface area (Å²) >= 11 is 0. The Kier molecular flexibility index (Phi) is 6.62. The molecule has 5 N–H and O–H groups in total. The van der Waals surface area contributed by atoms with Gasteiger partial charge in [-0.3, -0.25) is 4.79 Å². The molecule has 0 bridgehead atoms. The molecule has 30 heavy (non-hydrogen) atoms. The Morgan fingerprint density at radius 1 is 1.27 bits per heavy atom. The van der Waals surface area contributed by atoms with Crippen molar-refractivity contribution in [2.24, 2.45) is 23.2 Å². The van der Waals surface area contributed by atoms with E-state index in [2.05, 4.69) is 6.58 Å². The number of hydrogen-bond donors (Lipinski definition) is 5. The lowest BCUT2D eigenvalue weighted by atomic mass is 9.58. The van der Waals surface area contributed by atoms with Gasteiger partial charge in [-0.1, -0.05) is 19.9 Å². The number of hydrogen-bond acceptors (Lipinski definition) is 9. The fourth-order valence-corrected chi connectivity index (χ4v) is 5.11. The molecule has 1 aliphatic carbocycles. The highest BCUT2D eigenvalue weighted by Crippen LogP contribution is 2.53. The van der Waals surface area contributed by atoms with Gasteiger partial charge in [0.15, 0.2) is 0 Å². The van der Waals surface area contributed by atoms with Crippen molar-refractivity contribution in [1.29, 1.82) is 0 Å². The smallest absolute Gasteiger partial charge is 0.309 e. The third-order valence-electron chi connectivity index (χ3n) is 6.91. The highest BCUT2D eigenvalue weighted by Gasteiger charge is 2.58. The predicted octanol–water partition coefficient (Wildman–Crippen LogP) is -0.542. The quantitative estimate of drug-likeness (QED) is 0.221. The Morgan fingerprint density at radius 3 is 2.53 bits per heavy atom. The number of carbonyl (C=O) groups excluding carboxylic acids is 1. The summed E-state index contributed by atoms with van der Waals surface area (Å²) < 4.78 is 16.6. The first-order valence-electron chi connectivity index (χ1n) is 10.2. The maximum absolute atomic E-state index is 12.2. The highest BCUT2D eigenvalue weighted by atomic mass is 16.7. The molecule has 0 aromatic rings. The summed E-state index contributed by atoms with van der Waals surface area (Å²) in [5.41, 5.74) is 0.0997. The third kappa shape index (κ3) is 3.79. The molecule has 9 heteroatoms. The van der Waals surface area contributed by atoms with Gasteiger partial charge >= 0.3 is 5.97 Å². The molecule has 2 aliphatic heterocycles. The summed E-state index contributed by atoms with van der Waals surface area (Å²) in [6.45, 7) is 8.79. The number of aliphatic hydroxyl groups is 5. The van der Waals surface area contributed by atoms with Gasteiger partial charge in [-0.2, -0.15) is 0 Å². The molecule has 3 aliphatic rings. The molecule has 2 heterocycles. The van der Waals surface area contributed by atoms with Crippen molar-refractivity contribution < 1.29 is 44.5 Å². The lowest BCUT2D eigenvalue weighted by Gasteiger charge is -2.48. The van der Waals surface area contributed by atoms with E-state index >= 15 is 0 Å². The van der Waals surface area contributed by atoms with Gasteiger partial charge in [0.1, 0.15) is 30.5 Å². The van der Waals surface area contributed by atoms with Gasteiger partial charge < -0.3 is 39.7 Å². The average molecular weight is 428 g/mol. The summed E-state index contributed by atoms with van der Waals surface area (Å²) in [5.74, 6) is -1.47. The van der Waals surface area contributed by atoms with Crippen LogP contribution in [0.5, 0.6) is 0 Å². The van der Waals surface area contributed by atoms with Crippen LogP contribution in [-0.2, 0) is 19.0 Å². The third-order valence-corrected chi connectivity index (χ3v) is 6.91. The second-order valence-electron chi connectivity index (χ2n) is 8.92. The second kappa shape index (κ2) is 8.57. The van der Waals surface area contributed by atoms with Crippen molar-refractivity contribution in [2.45, 2.75) is 70.1 Å².